The molecule has 4 heteroatoms. The van der Waals surface area contributed by atoms with Crippen molar-refractivity contribution >= 4 is 10.0 Å². The van der Waals surface area contributed by atoms with Gasteiger partial charge in [-0.2, -0.15) is 0 Å². The minimum atomic E-state index is -3.04. The zero-order valence-corrected chi connectivity index (χ0v) is 10.8. The third-order valence-corrected chi connectivity index (χ3v) is 5.14. The molecule has 2 unspecified atom stereocenters. The lowest BCUT2D eigenvalue weighted by atomic mass is 9.83. The molecule has 0 heterocycles. The molecule has 0 aromatic heterocycles. The van der Waals surface area contributed by atoms with E-state index in [2.05, 4.69) is 18.6 Å². The van der Waals surface area contributed by atoms with Crippen LogP contribution in [0.3, 0.4) is 0 Å². The van der Waals surface area contributed by atoms with Crippen LogP contribution in [0.5, 0.6) is 0 Å². The highest BCUT2D eigenvalue weighted by atomic mass is 32.2. The summed E-state index contributed by atoms with van der Waals surface area (Å²) in [6.07, 6.45) is 5.10. The lowest BCUT2D eigenvalue weighted by molar-refractivity contribution is 0.304. The second-order valence-electron chi connectivity index (χ2n) is 5.03. The van der Waals surface area contributed by atoms with Crippen LogP contribution in [0.1, 0.15) is 46.0 Å². The van der Waals surface area contributed by atoms with Crippen LogP contribution in [0, 0.1) is 11.8 Å². The van der Waals surface area contributed by atoms with Crippen molar-refractivity contribution in [3.05, 3.63) is 0 Å². The van der Waals surface area contributed by atoms with E-state index < -0.39 is 10.0 Å². The Morgan fingerprint density at radius 3 is 2.53 bits per heavy atom. The molecule has 1 aliphatic rings. The molecule has 1 N–H and O–H groups in total. The normalized spacial score (nSPS) is 28.3. The van der Waals surface area contributed by atoms with Gasteiger partial charge in [0.25, 0.3) is 0 Å². The maximum absolute atomic E-state index is 11.7. The van der Waals surface area contributed by atoms with Crippen LogP contribution in [-0.4, -0.2) is 20.7 Å². The van der Waals surface area contributed by atoms with Crippen LogP contribution in [0.4, 0.5) is 0 Å². The minimum absolute atomic E-state index is 0.153. The van der Waals surface area contributed by atoms with E-state index in [4.69, 9.17) is 0 Å². The largest absolute Gasteiger partial charge is 0.218 e. The fourth-order valence-electron chi connectivity index (χ4n) is 2.57. The van der Waals surface area contributed by atoms with Gasteiger partial charge >= 0.3 is 0 Å². The quantitative estimate of drug-likeness (QED) is 0.808. The van der Waals surface area contributed by atoms with Gasteiger partial charge in [-0.3, -0.25) is 0 Å². The van der Waals surface area contributed by atoms with Crippen molar-refractivity contribution in [2.45, 2.75) is 51.2 Å². The Morgan fingerprint density at radius 1 is 1.33 bits per heavy atom. The molecule has 2 atom stereocenters. The van der Waals surface area contributed by atoms with Gasteiger partial charge in [-0.1, -0.05) is 26.7 Å². The first-order valence-electron chi connectivity index (χ1n) is 5.88. The SMILES string of the molecule is CNS(=O)(=O)C1CCCC(CC(C)C)C1. The van der Waals surface area contributed by atoms with Crippen LogP contribution >= 0.6 is 0 Å². The number of hydrogen-bond donors (Lipinski definition) is 1. The molecule has 0 spiro atoms. The molecule has 0 saturated heterocycles. The lowest BCUT2D eigenvalue weighted by Gasteiger charge is -2.29. The predicted octanol–water partition coefficient (Wildman–Crippen LogP) is 2.14. The molecule has 0 aliphatic heterocycles. The summed E-state index contributed by atoms with van der Waals surface area (Å²) in [6.45, 7) is 4.41. The molecule has 0 radical (unpaired) electrons. The molecule has 15 heavy (non-hydrogen) atoms. The molecule has 0 aromatic carbocycles. The fraction of sp³-hybridized carbons (Fsp3) is 1.00. The molecule has 0 bridgehead atoms. The van der Waals surface area contributed by atoms with Gasteiger partial charge in [-0.15, -0.1) is 0 Å². The van der Waals surface area contributed by atoms with Crippen LogP contribution in [-0.2, 0) is 10.0 Å². The van der Waals surface area contributed by atoms with E-state index in [0.29, 0.717) is 11.8 Å². The standard InChI is InChI=1S/C11H23NO2S/c1-9(2)7-10-5-4-6-11(8-10)15(13,14)12-3/h9-12H,4-8H2,1-3H3. The summed E-state index contributed by atoms with van der Waals surface area (Å²) in [5, 5.41) is -0.153. The van der Waals surface area contributed by atoms with Crippen molar-refractivity contribution < 1.29 is 8.42 Å². The molecular formula is C11H23NO2S. The summed E-state index contributed by atoms with van der Waals surface area (Å²) in [5.41, 5.74) is 0. The van der Waals surface area contributed by atoms with E-state index in [1.807, 2.05) is 0 Å². The van der Waals surface area contributed by atoms with E-state index in [-0.39, 0.29) is 5.25 Å². The molecule has 0 amide bonds. The van der Waals surface area contributed by atoms with Gasteiger partial charge in [0.2, 0.25) is 10.0 Å². The third-order valence-electron chi connectivity index (χ3n) is 3.26. The average molecular weight is 233 g/mol. The van der Waals surface area contributed by atoms with E-state index in [1.165, 1.54) is 13.5 Å². The molecule has 90 valence electrons. The molecule has 1 rings (SSSR count). The maximum atomic E-state index is 11.7. The first-order valence-corrected chi connectivity index (χ1v) is 7.42. The molecule has 0 aromatic rings. The van der Waals surface area contributed by atoms with E-state index >= 15 is 0 Å². The van der Waals surface area contributed by atoms with E-state index in [0.717, 1.165) is 25.7 Å². The summed E-state index contributed by atoms with van der Waals surface area (Å²) >= 11 is 0. The number of rotatable bonds is 4. The Bertz CT molecular complexity index is 285. The average Bonchev–Trinajstić information content (AvgIpc) is 2.17. The van der Waals surface area contributed by atoms with Crippen LogP contribution in [0.15, 0.2) is 0 Å². The van der Waals surface area contributed by atoms with E-state index in [1.54, 1.807) is 0 Å². The van der Waals surface area contributed by atoms with Gasteiger partial charge in [0.15, 0.2) is 0 Å². The van der Waals surface area contributed by atoms with Gasteiger partial charge in [-0.25, -0.2) is 13.1 Å². The Hall–Kier alpha value is -0.0900. The summed E-state index contributed by atoms with van der Waals surface area (Å²) in [5.74, 6) is 1.28. The Balaban J connectivity index is 2.56. The summed E-state index contributed by atoms with van der Waals surface area (Å²) in [6, 6.07) is 0. The van der Waals surface area contributed by atoms with Gasteiger partial charge in [0.05, 0.1) is 5.25 Å². The van der Waals surface area contributed by atoms with Gasteiger partial charge in [-0.05, 0) is 38.1 Å². The first kappa shape index (κ1) is 13.0. The fourth-order valence-corrected chi connectivity index (χ4v) is 3.91. The van der Waals surface area contributed by atoms with Crippen LogP contribution in [0.25, 0.3) is 0 Å². The molecule has 1 aliphatic carbocycles. The van der Waals surface area contributed by atoms with Crippen LogP contribution < -0.4 is 4.72 Å². The topological polar surface area (TPSA) is 46.2 Å². The molecule has 1 fully saturated rings. The highest BCUT2D eigenvalue weighted by Crippen LogP contribution is 2.32. The van der Waals surface area contributed by atoms with Crippen molar-refractivity contribution in [2.75, 3.05) is 7.05 Å². The minimum Gasteiger partial charge on any atom is -0.218 e. The van der Waals surface area contributed by atoms with Crippen LogP contribution in [0.2, 0.25) is 0 Å². The summed E-state index contributed by atoms with van der Waals surface area (Å²) in [4.78, 5) is 0. The number of sulfonamides is 1. The number of nitrogens with one attached hydrogen (secondary N) is 1. The molecular weight excluding hydrogens is 210 g/mol. The van der Waals surface area contributed by atoms with Crippen molar-refractivity contribution in [1.29, 1.82) is 0 Å². The van der Waals surface area contributed by atoms with Crippen molar-refractivity contribution in [3.8, 4) is 0 Å². The molecule has 3 nitrogen and oxygen atoms in total. The predicted molar refractivity (Wildman–Crippen MR) is 63.2 cm³/mol. The smallest absolute Gasteiger partial charge is 0.214 e. The maximum Gasteiger partial charge on any atom is 0.214 e. The summed E-state index contributed by atoms with van der Waals surface area (Å²) < 4.78 is 25.8. The Labute approximate surface area is 93.7 Å². The van der Waals surface area contributed by atoms with Crippen molar-refractivity contribution in [1.82, 2.24) is 4.72 Å². The highest BCUT2D eigenvalue weighted by Gasteiger charge is 2.30. The van der Waals surface area contributed by atoms with Gasteiger partial charge in [0, 0.05) is 0 Å². The molecule has 1 saturated carbocycles. The summed E-state index contributed by atoms with van der Waals surface area (Å²) in [7, 11) is -1.52. The zero-order valence-electron chi connectivity index (χ0n) is 9.99. The Morgan fingerprint density at radius 2 is 2.00 bits per heavy atom. The van der Waals surface area contributed by atoms with Crippen molar-refractivity contribution in [2.24, 2.45) is 11.8 Å². The third kappa shape index (κ3) is 3.76. The van der Waals surface area contributed by atoms with Gasteiger partial charge < -0.3 is 0 Å². The second-order valence-corrected chi connectivity index (χ2v) is 7.20. The highest BCUT2D eigenvalue weighted by molar-refractivity contribution is 7.90. The Kier molecular flexibility index (Phi) is 4.59. The van der Waals surface area contributed by atoms with Crippen molar-refractivity contribution in [3.63, 3.8) is 0 Å². The lowest BCUT2D eigenvalue weighted by Crippen LogP contribution is -2.35. The zero-order chi connectivity index (χ0) is 11.5. The first-order chi connectivity index (χ1) is 6.95. The monoisotopic (exact) mass is 233 g/mol. The number of hydrogen-bond acceptors (Lipinski definition) is 2. The van der Waals surface area contributed by atoms with Gasteiger partial charge in [0.1, 0.15) is 0 Å². The van der Waals surface area contributed by atoms with E-state index in [9.17, 15) is 8.42 Å². The second kappa shape index (κ2) is 5.30.